The van der Waals surface area contributed by atoms with Gasteiger partial charge in [-0.15, -0.1) is 0 Å². The largest absolute Gasteiger partial charge is 0.328 e. The number of rotatable bonds is 5. The van der Waals surface area contributed by atoms with Crippen molar-refractivity contribution in [1.29, 1.82) is 0 Å². The molecule has 0 aliphatic rings. The molecule has 16 heavy (non-hydrogen) atoms. The second-order valence-corrected chi connectivity index (χ2v) is 4.22. The first-order valence-electron chi connectivity index (χ1n) is 5.54. The average molecular weight is 224 g/mol. The summed E-state index contributed by atoms with van der Waals surface area (Å²) in [7, 11) is 1.83. The molecular weight excluding hydrogens is 204 g/mol. The van der Waals surface area contributed by atoms with Gasteiger partial charge in [0.25, 0.3) is 0 Å². The Morgan fingerprint density at radius 1 is 1.69 bits per heavy atom. The maximum Gasteiger partial charge on any atom is 0.224 e. The van der Waals surface area contributed by atoms with Crippen molar-refractivity contribution in [2.75, 3.05) is 5.32 Å². The van der Waals surface area contributed by atoms with Crippen LogP contribution in [0.5, 0.6) is 0 Å². The molecule has 1 atom stereocenters. The fourth-order valence-corrected chi connectivity index (χ4v) is 1.52. The second-order valence-electron chi connectivity index (χ2n) is 4.22. The van der Waals surface area contributed by atoms with Gasteiger partial charge in [-0.25, -0.2) is 0 Å². The molecule has 1 aromatic heterocycles. The number of aromatic nitrogens is 2. The van der Waals surface area contributed by atoms with Crippen LogP contribution in [-0.2, 0) is 11.8 Å². The summed E-state index contributed by atoms with van der Waals surface area (Å²) in [4.78, 5) is 11.6. The quantitative estimate of drug-likeness (QED) is 0.789. The highest BCUT2D eigenvalue weighted by Gasteiger charge is 2.07. The molecule has 1 aromatic rings. The van der Waals surface area contributed by atoms with Gasteiger partial charge in [0.1, 0.15) is 0 Å². The maximum atomic E-state index is 11.6. The van der Waals surface area contributed by atoms with Gasteiger partial charge >= 0.3 is 0 Å². The molecule has 1 amide bonds. The molecule has 1 unspecified atom stereocenters. The van der Waals surface area contributed by atoms with Crippen molar-refractivity contribution in [2.24, 2.45) is 12.8 Å². The zero-order chi connectivity index (χ0) is 12.1. The summed E-state index contributed by atoms with van der Waals surface area (Å²) in [6.07, 6.45) is 4.01. The average Bonchev–Trinajstić information content (AvgIpc) is 2.44. The van der Waals surface area contributed by atoms with Crippen molar-refractivity contribution in [2.45, 2.75) is 39.2 Å². The Morgan fingerprint density at radius 3 is 2.88 bits per heavy atom. The van der Waals surface area contributed by atoms with Crippen LogP contribution in [0.15, 0.2) is 6.20 Å². The number of nitrogens with two attached hydrogens (primary N) is 1. The summed E-state index contributed by atoms with van der Waals surface area (Å²) < 4.78 is 1.69. The number of anilines is 1. The molecule has 0 spiro atoms. The molecule has 0 bridgehead atoms. The van der Waals surface area contributed by atoms with E-state index >= 15 is 0 Å². The SMILES string of the molecule is Cc1nn(C)cc1NC(=O)CCCC(C)N. The minimum atomic E-state index is 0.0248. The van der Waals surface area contributed by atoms with Gasteiger partial charge in [0.05, 0.1) is 11.4 Å². The summed E-state index contributed by atoms with van der Waals surface area (Å²) in [6, 6.07) is 0.160. The number of carbonyl (C=O) groups is 1. The first-order chi connectivity index (χ1) is 7.49. The number of nitrogens with zero attached hydrogens (tertiary/aromatic N) is 2. The number of carbonyl (C=O) groups excluding carboxylic acids is 1. The third-order valence-electron chi connectivity index (χ3n) is 2.35. The van der Waals surface area contributed by atoms with Crippen molar-refractivity contribution >= 4 is 11.6 Å². The minimum Gasteiger partial charge on any atom is -0.328 e. The Morgan fingerprint density at radius 2 is 2.38 bits per heavy atom. The molecule has 0 fully saturated rings. The number of amides is 1. The third kappa shape index (κ3) is 4.02. The van der Waals surface area contributed by atoms with Crippen molar-refractivity contribution in [3.63, 3.8) is 0 Å². The molecule has 1 rings (SSSR count). The van der Waals surface area contributed by atoms with Gasteiger partial charge < -0.3 is 11.1 Å². The molecular formula is C11H20N4O. The van der Waals surface area contributed by atoms with E-state index in [4.69, 9.17) is 5.73 Å². The van der Waals surface area contributed by atoms with Crippen molar-refractivity contribution in [3.05, 3.63) is 11.9 Å². The zero-order valence-electron chi connectivity index (χ0n) is 10.2. The molecule has 0 aliphatic heterocycles. The van der Waals surface area contributed by atoms with Crippen molar-refractivity contribution in [1.82, 2.24) is 9.78 Å². The molecule has 5 heteroatoms. The molecule has 0 radical (unpaired) electrons. The maximum absolute atomic E-state index is 11.6. The van der Waals surface area contributed by atoms with Crippen LogP contribution in [0.1, 0.15) is 31.9 Å². The van der Waals surface area contributed by atoms with Crippen LogP contribution in [-0.4, -0.2) is 21.7 Å². The Labute approximate surface area is 96.0 Å². The lowest BCUT2D eigenvalue weighted by Gasteiger charge is -2.05. The molecule has 0 aromatic carbocycles. The van der Waals surface area contributed by atoms with Gasteiger partial charge in [0.2, 0.25) is 5.91 Å². The summed E-state index contributed by atoms with van der Waals surface area (Å²) in [5.74, 6) is 0.0248. The minimum absolute atomic E-state index is 0.0248. The molecule has 0 saturated heterocycles. The first kappa shape index (κ1) is 12.7. The highest BCUT2D eigenvalue weighted by Crippen LogP contribution is 2.12. The molecule has 0 aliphatic carbocycles. The summed E-state index contributed by atoms with van der Waals surface area (Å²) in [6.45, 7) is 3.82. The van der Waals surface area contributed by atoms with Crippen LogP contribution in [0.3, 0.4) is 0 Å². The molecule has 0 saturated carbocycles. The van der Waals surface area contributed by atoms with E-state index in [-0.39, 0.29) is 11.9 Å². The van der Waals surface area contributed by atoms with Gasteiger partial charge in [-0.3, -0.25) is 9.48 Å². The van der Waals surface area contributed by atoms with Gasteiger partial charge in [-0.05, 0) is 26.7 Å². The Balaban J connectivity index is 2.37. The first-order valence-corrected chi connectivity index (χ1v) is 5.54. The monoisotopic (exact) mass is 224 g/mol. The highest BCUT2D eigenvalue weighted by molar-refractivity contribution is 5.91. The standard InChI is InChI=1S/C11H20N4O/c1-8(12)5-4-6-11(16)13-10-7-15(3)14-9(10)2/h7-8H,4-6,12H2,1-3H3,(H,13,16). The van der Waals surface area contributed by atoms with Crippen LogP contribution < -0.4 is 11.1 Å². The normalized spacial score (nSPS) is 12.5. The predicted octanol–water partition coefficient (Wildman–Crippen LogP) is 1.18. The van der Waals surface area contributed by atoms with E-state index < -0.39 is 0 Å². The fraction of sp³-hybridized carbons (Fsp3) is 0.636. The Hall–Kier alpha value is -1.36. The van der Waals surface area contributed by atoms with Gasteiger partial charge in [0, 0.05) is 25.7 Å². The van der Waals surface area contributed by atoms with Crippen LogP contribution >= 0.6 is 0 Å². The summed E-state index contributed by atoms with van der Waals surface area (Å²) in [5, 5.41) is 7.00. The number of nitrogens with one attached hydrogen (secondary N) is 1. The Kier molecular flexibility index (Phi) is 4.49. The molecule has 3 N–H and O–H groups in total. The van der Waals surface area contributed by atoms with Crippen molar-refractivity contribution < 1.29 is 4.79 Å². The number of hydrogen-bond acceptors (Lipinski definition) is 3. The smallest absolute Gasteiger partial charge is 0.224 e. The van der Waals surface area contributed by atoms with Gasteiger partial charge in [-0.2, -0.15) is 5.10 Å². The highest BCUT2D eigenvalue weighted by atomic mass is 16.1. The lowest BCUT2D eigenvalue weighted by Crippen LogP contribution is -2.16. The predicted molar refractivity (Wildman–Crippen MR) is 64.1 cm³/mol. The van der Waals surface area contributed by atoms with E-state index in [1.807, 2.05) is 20.9 Å². The van der Waals surface area contributed by atoms with E-state index in [1.165, 1.54) is 0 Å². The molecule has 1 heterocycles. The fourth-order valence-electron chi connectivity index (χ4n) is 1.52. The summed E-state index contributed by atoms with van der Waals surface area (Å²) >= 11 is 0. The van der Waals surface area contributed by atoms with E-state index in [0.29, 0.717) is 6.42 Å². The van der Waals surface area contributed by atoms with Crippen LogP contribution in [0.25, 0.3) is 0 Å². The number of aryl methyl sites for hydroxylation is 2. The van der Waals surface area contributed by atoms with Gasteiger partial charge in [-0.1, -0.05) is 0 Å². The van der Waals surface area contributed by atoms with E-state index in [9.17, 15) is 4.79 Å². The lowest BCUT2D eigenvalue weighted by molar-refractivity contribution is -0.116. The van der Waals surface area contributed by atoms with Crippen LogP contribution in [0.4, 0.5) is 5.69 Å². The summed E-state index contributed by atoms with van der Waals surface area (Å²) in [5.41, 5.74) is 7.24. The third-order valence-corrected chi connectivity index (χ3v) is 2.35. The number of hydrogen-bond donors (Lipinski definition) is 2. The van der Waals surface area contributed by atoms with Gasteiger partial charge in [0.15, 0.2) is 0 Å². The van der Waals surface area contributed by atoms with E-state index in [2.05, 4.69) is 10.4 Å². The van der Waals surface area contributed by atoms with Crippen LogP contribution in [0.2, 0.25) is 0 Å². The second kappa shape index (κ2) is 5.65. The molecule has 90 valence electrons. The topological polar surface area (TPSA) is 72.9 Å². The lowest BCUT2D eigenvalue weighted by atomic mass is 10.1. The molecule has 5 nitrogen and oxygen atoms in total. The zero-order valence-corrected chi connectivity index (χ0v) is 10.2. The van der Waals surface area contributed by atoms with E-state index in [0.717, 1.165) is 24.2 Å². The van der Waals surface area contributed by atoms with Crippen molar-refractivity contribution in [3.8, 4) is 0 Å². The van der Waals surface area contributed by atoms with Crippen LogP contribution in [0, 0.1) is 6.92 Å². The van der Waals surface area contributed by atoms with E-state index in [1.54, 1.807) is 10.9 Å². The Bertz CT molecular complexity index is 357.